The Kier molecular flexibility index (Phi) is 17.8. The fraction of sp³-hybridized carbons (Fsp3) is 0.529. The van der Waals surface area contributed by atoms with Crippen molar-refractivity contribution < 1.29 is 47.8 Å². The van der Waals surface area contributed by atoms with E-state index >= 15 is 4.39 Å². The minimum Gasteiger partial charge on any atom is -0.488 e. The number of hydrogen-bond donors (Lipinski definition) is 5. The van der Waals surface area contributed by atoms with Gasteiger partial charge in [0.25, 0.3) is 0 Å². The molecule has 0 aliphatic carbocycles. The second-order valence-electron chi connectivity index (χ2n) is 19.9. The highest BCUT2D eigenvalue weighted by Gasteiger charge is 2.45. The summed E-state index contributed by atoms with van der Waals surface area (Å²) in [5.74, 6) is -3.48. The van der Waals surface area contributed by atoms with Gasteiger partial charge in [-0.05, 0) is 73.8 Å². The smallest absolute Gasteiger partial charge is 0.247 e. The number of carbonyl (C=O) groups is 7. The van der Waals surface area contributed by atoms with Crippen molar-refractivity contribution in [2.45, 2.75) is 142 Å². The number of likely N-dealkylation sites (tertiary alicyclic amines) is 1. The molecule has 7 amide bonds. The largest absolute Gasteiger partial charge is 0.488 e. The summed E-state index contributed by atoms with van der Waals surface area (Å²) in [5, 5.41) is 16.6. The van der Waals surface area contributed by atoms with Gasteiger partial charge >= 0.3 is 0 Å². The summed E-state index contributed by atoms with van der Waals surface area (Å²) in [4.78, 5) is 103. The van der Waals surface area contributed by atoms with Gasteiger partial charge in [0.05, 0.1) is 34.3 Å². The lowest BCUT2D eigenvalue weighted by Crippen LogP contribution is -2.59. The number of aliphatic hydroxyl groups is 1. The Balaban J connectivity index is 1.07. The third-order valence-corrected chi connectivity index (χ3v) is 14.4. The predicted octanol–water partition coefficient (Wildman–Crippen LogP) is 3.75. The second-order valence-corrected chi connectivity index (χ2v) is 20.8. The van der Waals surface area contributed by atoms with E-state index in [1.165, 1.54) is 32.6 Å². The number of nitrogens with one attached hydrogen (secondary N) is 2. The first-order chi connectivity index (χ1) is 33.6. The maximum Gasteiger partial charge on any atom is 0.247 e. The lowest BCUT2D eigenvalue weighted by molar-refractivity contribution is -0.144. The van der Waals surface area contributed by atoms with E-state index in [-0.39, 0.29) is 81.9 Å². The number of carbonyl (C=O) groups excluding carboxylic acids is 7. The molecule has 71 heavy (non-hydrogen) atoms. The third-order valence-electron chi connectivity index (χ3n) is 13.4. The highest BCUT2D eigenvalue weighted by molar-refractivity contribution is 7.13. The normalized spacial score (nSPS) is 20.5. The number of aliphatic hydroxyl groups excluding tert-OH is 1. The van der Waals surface area contributed by atoms with Crippen molar-refractivity contribution in [1.29, 1.82) is 0 Å². The number of thiazole rings is 1. The molecule has 2 saturated heterocycles. The molecule has 7 N–H and O–H groups in total. The van der Waals surface area contributed by atoms with Gasteiger partial charge in [-0.15, -0.1) is 11.3 Å². The van der Waals surface area contributed by atoms with Gasteiger partial charge in [-0.2, -0.15) is 0 Å². The molecule has 6 rings (SSSR count). The first-order valence-electron chi connectivity index (χ1n) is 24.1. The van der Waals surface area contributed by atoms with E-state index in [1.54, 1.807) is 50.6 Å². The zero-order chi connectivity index (χ0) is 51.9. The fourth-order valence-corrected chi connectivity index (χ4v) is 10.3. The number of nitrogens with two attached hydrogens (primary N) is 2. The molecule has 0 bridgehead atoms. The number of fused-ring (bicyclic) bond motifs is 1. The maximum absolute atomic E-state index is 16.3. The molecule has 3 aromatic rings. The molecule has 7 atom stereocenters. The number of β-amino-alcohol motifs (C(OH)–C–C–N with tert-alkyl or cyclic N) is 1. The van der Waals surface area contributed by atoms with Gasteiger partial charge < -0.3 is 46.6 Å². The summed E-state index contributed by atoms with van der Waals surface area (Å²) in [6.45, 7) is 12.3. The Morgan fingerprint density at radius 2 is 1.80 bits per heavy atom. The van der Waals surface area contributed by atoms with Crippen LogP contribution in [-0.2, 0) is 40.0 Å². The number of nitrogens with zero attached hydrogens (tertiary/aromatic N) is 5. The SMILES string of the molecule is CC(=O)N1CCC2=CC[C@@H](N(C=O)[C@@H](CCC(N)=O)COc3cc(C)cc(CCCC(=O)N[C@H](C(=O)N4C[C@H](O)C[C@H]4C(=O)N[C@@H](C)c4ccc(-c5scnc5C)cc4)C(C)(C)C)c3F)N2C(=O)[C@@H](N)C1. The van der Waals surface area contributed by atoms with Gasteiger partial charge in [0.15, 0.2) is 11.6 Å². The van der Waals surface area contributed by atoms with Crippen molar-refractivity contribution in [3.63, 3.8) is 0 Å². The average molecular weight is 1000 g/mol. The van der Waals surface area contributed by atoms with E-state index in [9.17, 15) is 38.7 Å². The molecule has 4 heterocycles. The first-order valence-corrected chi connectivity index (χ1v) is 25.0. The monoisotopic (exact) mass is 1000 g/mol. The van der Waals surface area contributed by atoms with Crippen LogP contribution in [0.3, 0.4) is 0 Å². The maximum atomic E-state index is 16.3. The minimum absolute atomic E-state index is 0.00955. The van der Waals surface area contributed by atoms with Crippen molar-refractivity contribution >= 4 is 53.2 Å². The number of aryl methyl sites for hydroxylation is 3. The van der Waals surface area contributed by atoms with Crippen LogP contribution in [0.4, 0.5) is 4.39 Å². The van der Waals surface area contributed by atoms with Gasteiger partial charge in [-0.1, -0.05) is 57.2 Å². The molecule has 2 aromatic carbocycles. The van der Waals surface area contributed by atoms with Crippen molar-refractivity contribution in [2.75, 3.05) is 26.2 Å². The molecule has 0 spiro atoms. The van der Waals surface area contributed by atoms with E-state index < -0.39 is 83.2 Å². The van der Waals surface area contributed by atoms with Crippen LogP contribution < -0.4 is 26.8 Å². The van der Waals surface area contributed by atoms with Crippen molar-refractivity contribution in [1.82, 2.24) is 35.2 Å². The third kappa shape index (κ3) is 13.2. The fourth-order valence-electron chi connectivity index (χ4n) is 9.52. The van der Waals surface area contributed by atoms with Crippen LogP contribution in [-0.4, -0.2) is 134 Å². The Morgan fingerprint density at radius 1 is 1.08 bits per heavy atom. The van der Waals surface area contributed by atoms with E-state index in [2.05, 4.69) is 15.6 Å². The van der Waals surface area contributed by atoms with E-state index in [1.807, 2.05) is 44.2 Å². The van der Waals surface area contributed by atoms with Crippen LogP contribution in [0.15, 0.2) is 53.7 Å². The van der Waals surface area contributed by atoms with Gasteiger partial charge in [-0.3, -0.25) is 38.5 Å². The van der Waals surface area contributed by atoms with Gasteiger partial charge in [0.2, 0.25) is 41.9 Å². The summed E-state index contributed by atoms with van der Waals surface area (Å²) >= 11 is 1.55. The molecular formula is C51H68FN9O9S. The highest BCUT2D eigenvalue weighted by Crippen LogP contribution is 2.33. The number of benzene rings is 2. The zero-order valence-corrected chi connectivity index (χ0v) is 42.4. The quantitative estimate of drug-likeness (QED) is 0.108. The number of aromatic nitrogens is 1. The summed E-state index contributed by atoms with van der Waals surface area (Å²) in [6, 6.07) is 6.66. The van der Waals surface area contributed by atoms with Crippen LogP contribution in [0, 0.1) is 25.1 Å². The van der Waals surface area contributed by atoms with Gasteiger partial charge in [0.1, 0.15) is 30.9 Å². The number of hydrogen-bond acceptors (Lipinski definition) is 12. The Hall–Kier alpha value is -6.25. The van der Waals surface area contributed by atoms with Gasteiger partial charge in [-0.25, -0.2) is 9.37 Å². The van der Waals surface area contributed by atoms with Crippen LogP contribution >= 0.6 is 11.3 Å². The van der Waals surface area contributed by atoms with Gasteiger partial charge in [0, 0.05) is 64.4 Å². The van der Waals surface area contributed by atoms with E-state index in [4.69, 9.17) is 16.2 Å². The number of ether oxygens (including phenoxy) is 1. The molecule has 0 unspecified atom stereocenters. The molecular weight excluding hydrogens is 934 g/mol. The average Bonchev–Trinajstić information content (AvgIpc) is 4.05. The van der Waals surface area contributed by atoms with E-state index in [0.717, 1.165) is 21.7 Å². The molecule has 0 saturated carbocycles. The van der Waals surface area contributed by atoms with Crippen LogP contribution in [0.2, 0.25) is 0 Å². The topological polar surface area (TPSA) is 251 Å². The molecule has 0 radical (unpaired) electrons. The molecule has 3 aliphatic heterocycles. The Bertz CT molecular complexity index is 2490. The predicted molar refractivity (Wildman–Crippen MR) is 264 cm³/mol. The lowest BCUT2D eigenvalue weighted by Gasteiger charge is -2.41. The minimum atomic E-state index is -1.05. The number of primary amides is 1. The number of amides is 7. The summed E-state index contributed by atoms with van der Waals surface area (Å²) < 4.78 is 22.3. The van der Waals surface area contributed by atoms with Crippen molar-refractivity contribution in [3.8, 4) is 16.2 Å². The Labute approximate surface area is 418 Å². The first kappa shape index (κ1) is 54.1. The lowest BCUT2D eigenvalue weighted by atomic mass is 9.85. The summed E-state index contributed by atoms with van der Waals surface area (Å²) in [7, 11) is 0. The summed E-state index contributed by atoms with van der Waals surface area (Å²) in [5.41, 5.74) is 17.1. The van der Waals surface area contributed by atoms with E-state index in [0.29, 0.717) is 30.6 Å². The van der Waals surface area contributed by atoms with Crippen LogP contribution in [0.25, 0.3) is 10.4 Å². The molecule has 20 heteroatoms. The number of halogens is 1. The number of rotatable bonds is 19. The molecule has 1 aromatic heterocycles. The van der Waals surface area contributed by atoms with Crippen LogP contribution in [0.1, 0.15) is 108 Å². The van der Waals surface area contributed by atoms with Crippen LogP contribution in [0.5, 0.6) is 5.75 Å². The van der Waals surface area contributed by atoms with Crippen molar-refractivity contribution in [2.24, 2.45) is 16.9 Å². The Morgan fingerprint density at radius 3 is 2.44 bits per heavy atom. The molecule has 18 nitrogen and oxygen atoms in total. The van der Waals surface area contributed by atoms with Crippen molar-refractivity contribution in [3.05, 3.63) is 81.9 Å². The molecule has 384 valence electrons. The zero-order valence-electron chi connectivity index (χ0n) is 41.6. The highest BCUT2D eigenvalue weighted by atomic mass is 32.1. The molecule has 3 aliphatic rings. The summed E-state index contributed by atoms with van der Waals surface area (Å²) in [6.07, 6.45) is 1.45. The molecule has 2 fully saturated rings. The standard InChI is InChI=1S/C51H68FN9O9S/c1-29-21-35(45(52)41(22-29)70-26-37(15-17-42(54)65)60(28-62)44-18-16-36-19-20-58(32(4)63)25-39(53)49(68)61(36)44)9-8-10-43(66)57-47(51(5,6)7)50(69)59-24-38(64)23-40(59)48(67)56-30(2)33-11-13-34(14-12-33)46-31(3)55-27-71-46/h11-14,16,21-22,27-28,30,37-40,44,47,64H,8-10,15,17-20,23-26,53H2,1-7H3,(H2,54,65)(H,56,67)(H,57,66)/t30-,37-,38+,39-,40-,44-,47+/m0/s1. The second kappa shape index (κ2) is 23.3.